The van der Waals surface area contributed by atoms with Gasteiger partial charge in [-0.3, -0.25) is 0 Å². The molecule has 4 heteroatoms. The minimum Gasteiger partial charge on any atom is -0.207 e. The topological polar surface area (TPSA) is 0 Å². The highest BCUT2D eigenvalue weighted by atomic mass is 35.5. The van der Waals surface area contributed by atoms with Crippen LogP contribution in [0.2, 0.25) is 5.02 Å². The van der Waals surface area contributed by atoms with Gasteiger partial charge in [-0.15, -0.1) is 11.6 Å². The van der Waals surface area contributed by atoms with E-state index in [9.17, 15) is 8.78 Å². The zero-order chi connectivity index (χ0) is 13.8. The fourth-order valence-corrected chi connectivity index (χ4v) is 2.42. The van der Waals surface area contributed by atoms with Crippen molar-refractivity contribution >= 4 is 23.2 Å². The highest BCUT2D eigenvalue weighted by Gasteiger charge is 2.14. The van der Waals surface area contributed by atoms with Crippen molar-refractivity contribution in [3.05, 3.63) is 70.2 Å². The molecule has 2 aromatic carbocycles. The Morgan fingerprint density at radius 3 is 2.47 bits per heavy atom. The lowest BCUT2D eigenvalue weighted by atomic mass is 9.93. The summed E-state index contributed by atoms with van der Waals surface area (Å²) in [6.07, 6.45) is 0.413. The van der Waals surface area contributed by atoms with E-state index in [1.807, 2.05) is 0 Å². The third kappa shape index (κ3) is 3.68. The smallest absolute Gasteiger partial charge is 0.127 e. The van der Waals surface area contributed by atoms with E-state index >= 15 is 0 Å². The van der Waals surface area contributed by atoms with Gasteiger partial charge in [-0.05, 0) is 41.8 Å². The van der Waals surface area contributed by atoms with Crippen LogP contribution in [-0.2, 0) is 6.42 Å². The number of hydrogen-bond donors (Lipinski definition) is 0. The largest absolute Gasteiger partial charge is 0.207 e. The van der Waals surface area contributed by atoms with Crippen LogP contribution in [0, 0.1) is 11.6 Å². The van der Waals surface area contributed by atoms with Gasteiger partial charge in [0.25, 0.3) is 0 Å². The Labute approximate surface area is 121 Å². The first kappa shape index (κ1) is 14.3. The van der Waals surface area contributed by atoms with Crippen LogP contribution in [0.1, 0.15) is 17.0 Å². The fourth-order valence-electron chi connectivity index (χ4n) is 1.97. The van der Waals surface area contributed by atoms with Gasteiger partial charge in [0.2, 0.25) is 0 Å². The molecule has 0 aliphatic rings. The first-order chi connectivity index (χ1) is 9.10. The minimum absolute atomic E-state index is 0.131. The summed E-state index contributed by atoms with van der Waals surface area (Å²) >= 11 is 11.6. The molecular formula is C15H12Cl2F2. The third-order valence-corrected chi connectivity index (χ3v) is 3.60. The third-order valence-electron chi connectivity index (χ3n) is 2.99. The summed E-state index contributed by atoms with van der Waals surface area (Å²) in [6.45, 7) is 0. The summed E-state index contributed by atoms with van der Waals surface area (Å²) in [5.74, 6) is -0.512. The highest BCUT2D eigenvalue weighted by molar-refractivity contribution is 6.30. The number of rotatable bonds is 4. The molecular weight excluding hydrogens is 289 g/mol. The predicted octanol–water partition coefficient (Wildman–Crippen LogP) is 5.18. The highest BCUT2D eigenvalue weighted by Crippen LogP contribution is 2.25. The zero-order valence-electron chi connectivity index (χ0n) is 10.0. The standard InChI is InChI=1S/C15H12Cl2F2/c16-9-12(10-2-1-3-14(18)7-10)6-11-4-5-13(17)8-15(11)19/h1-5,7-8,12H,6,9H2. The Hall–Kier alpha value is -1.12. The van der Waals surface area contributed by atoms with Crippen LogP contribution in [0.15, 0.2) is 42.5 Å². The first-order valence-corrected chi connectivity index (χ1v) is 6.76. The molecule has 100 valence electrons. The van der Waals surface area contributed by atoms with Crippen molar-refractivity contribution in [1.29, 1.82) is 0 Å². The van der Waals surface area contributed by atoms with Crippen LogP contribution in [0.3, 0.4) is 0 Å². The molecule has 0 aromatic heterocycles. The van der Waals surface area contributed by atoms with Gasteiger partial charge >= 0.3 is 0 Å². The van der Waals surface area contributed by atoms with Crippen molar-refractivity contribution in [2.45, 2.75) is 12.3 Å². The summed E-state index contributed by atoms with van der Waals surface area (Å²) in [4.78, 5) is 0. The molecule has 0 heterocycles. The SMILES string of the molecule is Fc1cccc(C(CCl)Cc2ccc(Cl)cc2F)c1. The van der Waals surface area contributed by atoms with E-state index in [-0.39, 0.29) is 17.6 Å². The van der Waals surface area contributed by atoms with Crippen LogP contribution in [0.25, 0.3) is 0 Å². The second-order valence-electron chi connectivity index (χ2n) is 4.35. The average molecular weight is 301 g/mol. The van der Waals surface area contributed by atoms with E-state index in [4.69, 9.17) is 23.2 Å². The molecule has 0 aliphatic heterocycles. The average Bonchev–Trinajstić information content (AvgIpc) is 2.38. The van der Waals surface area contributed by atoms with E-state index < -0.39 is 0 Å². The summed E-state index contributed by atoms with van der Waals surface area (Å²) in [7, 11) is 0. The molecule has 0 saturated carbocycles. The number of halogens is 4. The van der Waals surface area contributed by atoms with Crippen LogP contribution in [0.4, 0.5) is 8.78 Å². The van der Waals surface area contributed by atoms with Crippen LogP contribution in [0.5, 0.6) is 0 Å². The molecule has 0 spiro atoms. The fraction of sp³-hybridized carbons (Fsp3) is 0.200. The van der Waals surface area contributed by atoms with Gasteiger partial charge in [0.1, 0.15) is 11.6 Å². The molecule has 2 aromatic rings. The second-order valence-corrected chi connectivity index (χ2v) is 5.09. The van der Waals surface area contributed by atoms with E-state index in [0.717, 1.165) is 5.56 Å². The van der Waals surface area contributed by atoms with Crippen LogP contribution >= 0.6 is 23.2 Å². The van der Waals surface area contributed by atoms with Crippen LogP contribution in [-0.4, -0.2) is 5.88 Å². The maximum Gasteiger partial charge on any atom is 0.127 e. The summed E-state index contributed by atoms with van der Waals surface area (Å²) < 4.78 is 26.9. The predicted molar refractivity (Wildman–Crippen MR) is 75.0 cm³/mol. The Morgan fingerprint density at radius 2 is 1.84 bits per heavy atom. The van der Waals surface area contributed by atoms with E-state index in [0.29, 0.717) is 22.9 Å². The Balaban J connectivity index is 2.24. The number of alkyl halides is 1. The lowest BCUT2D eigenvalue weighted by molar-refractivity contribution is 0.595. The van der Waals surface area contributed by atoms with Crippen molar-refractivity contribution in [2.75, 3.05) is 5.88 Å². The Bertz CT molecular complexity index is 570. The van der Waals surface area contributed by atoms with Gasteiger partial charge < -0.3 is 0 Å². The van der Waals surface area contributed by atoms with Crippen molar-refractivity contribution in [1.82, 2.24) is 0 Å². The molecule has 0 radical (unpaired) electrons. The molecule has 0 saturated heterocycles. The molecule has 0 N–H and O–H groups in total. The summed E-state index contributed by atoms with van der Waals surface area (Å²) in [5.41, 5.74) is 1.30. The maximum absolute atomic E-state index is 13.7. The van der Waals surface area contributed by atoms with Gasteiger partial charge in [-0.2, -0.15) is 0 Å². The molecule has 0 amide bonds. The zero-order valence-corrected chi connectivity index (χ0v) is 11.6. The van der Waals surface area contributed by atoms with Gasteiger partial charge in [-0.25, -0.2) is 8.78 Å². The monoisotopic (exact) mass is 300 g/mol. The molecule has 0 bridgehead atoms. The normalized spacial score (nSPS) is 12.4. The van der Waals surface area contributed by atoms with E-state index in [1.54, 1.807) is 24.3 Å². The Kier molecular flexibility index (Phi) is 4.78. The quantitative estimate of drug-likeness (QED) is 0.682. The number of hydrogen-bond acceptors (Lipinski definition) is 0. The molecule has 0 aliphatic carbocycles. The molecule has 19 heavy (non-hydrogen) atoms. The van der Waals surface area contributed by atoms with Crippen LogP contribution < -0.4 is 0 Å². The number of benzene rings is 2. The maximum atomic E-state index is 13.7. The minimum atomic E-state index is -0.362. The van der Waals surface area contributed by atoms with E-state index in [2.05, 4.69) is 0 Å². The summed E-state index contributed by atoms with van der Waals surface area (Å²) in [6, 6.07) is 10.8. The lowest BCUT2D eigenvalue weighted by Crippen LogP contribution is -2.06. The van der Waals surface area contributed by atoms with Gasteiger partial charge in [-0.1, -0.05) is 29.8 Å². The van der Waals surface area contributed by atoms with Gasteiger partial charge in [0, 0.05) is 16.8 Å². The molecule has 0 nitrogen and oxygen atoms in total. The molecule has 1 atom stereocenters. The molecule has 2 rings (SSSR count). The molecule has 0 fully saturated rings. The van der Waals surface area contributed by atoms with Crippen molar-refractivity contribution in [3.63, 3.8) is 0 Å². The first-order valence-electron chi connectivity index (χ1n) is 5.85. The van der Waals surface area contributed by atoms with Gasteiger partial charge in [0.15, 0.2) is 0 Å². The summed E-state index contributed by atoms with van der Waals surface area (Å²) in [5, 5.41) is 0.356. The second kappa shape index (κ2) is 6.36. The molecule has 1 unspecified atom stereocenters. The van der Waals surface area contributed by atoms with E-state index in [1.165, 1.54) is 18.2 Å². The van der Waals surface area contributed by atoms with Crippen molar-refractivity contribution in [2.24, 2.45) is 0 Å². The van der Waals surface area contributed by atoms with Gasteiger partial charge in [0.05, 0.1) is 0 Å². The Morgan fingerprint density at radius 1 is 1.05 bits per heavy atom. The van der Waals surface area contributed by atoms with Crippen molar-refractivity contribution in [3.8, 4) is 0 Å². The lowest BCUT2D eigenvalue weighted by Gasteiger charge is -2.15. The van der Waals surface area contributed by atoms with Crippen molar-refractivity contribution < 1.29 is 8.78 Å².